The molecule has 0 amide bonds. The van der Waals surface area contributed by atoms with Gasteiger partial charge in [-0.25, -0.2) is 4.39 Å². The third-order valence-corrected chi connectivity index (χ3v) is 5.63. The molecule has 0 fully saturated rings. The van der Waals surface area contributed by atoms with Crippen molar-refractivity contribution in [3.63, 3.8) is 0 Å². The number of carbonyl (C=O) groups is 1. The highest BCUT2D eigenvalue weighted by atomic mass is 35.5. The van der Waals surface area contributed by atoms with Crippen LogP contribution in [0.3, 0.4) is 0 Å². The number of benzene rings is 2. The van der Waals surface area contributed by atoms with Crippen molar-refractivity contribution in [1.29, 1.82) is 0 Å². The zero-order chi connectivity index (χ0) is 19.6. The van der Waals surface area contributed by atoms with Crippen LogP contribution >= 0.6 is 23.4 Å². The summed E-state index contributed by atoms with van der Waals surface area (Å²) in [5.41, 5.74) is 5.11. The molecule has 3 aromatic rings. The number of aryl methyl sites for hydroxylation is 1. The largest absolute Gasteiger partial charge is 0.481 e. The fourth-order valence-electron chi connectivity index (χ4n) is 3.64. The van der Waals surface area contributed by atoms with E-state index in [1.165, 1.54) is 22.3 Å². The molecule has 1 aliphatic rings. The number of carboxylic acid groups (broad SMARTS) is 1. The number of aliphatic carboxylic acids is 1. The molecule has 0 radical (unpaired) electrons. The standard InChI is InChI=1S/C19H17ClFNS.C2H4O2/c1-23-18-10-14(21)9-16-15-3-2-4-17(15)22(19(16)18)11-12-5-7-13(20)8-6-12;1-2(3)4/h5-10H,2-4,11H2,1H3;1H3,(H,3,4). The van der Waals surface area contributed by atoms with Gasteiger partial charge in [-0.2, -0.15) is 0 Å². The number of thioether (sulfide) groups is 1. The zero-order valence-electron chi connectivity index (χ0n) is 15.3. The molecule has 4 rings (SSSR count). The van der Waals surface area contributed by atoms with E-state index in [2.05, 4.69) is 16.7 Å². The number of hydrogen-bond donors (Lipinski definition) is 1. The van der Waals surface area contributed by atoms with E-state index in [1.54, 1.807) is 23.9 Å². The van der Waals surface area contributed by atoms with Crippen LogP contribution in [-0.4, -0.2) is 21.9 Å². The van der Waals surface area contributed by atoms with Gasteiger partial charge in [0.1, 0.15) is 5.82 Å². The Morgan fingerprint density at radius 2 is 1.93 bits per heavy atom. The third-order valence-electron chi connectivity index (χ3n) is 4.62. The first-order valence-corrected chi connectivity index (χ1v) is 10.3. The zero-order valence-corrected chi connectivity index (χ0v) is 16.8. The van der Waals surface area contributed by atoms with Gasteiger partial charge in [-0.15, -0.1) is 11.8 Å². The van der Waals surface area contributed by atoms with Crippen molar-refractivity contribution in [3.05, 3.63) is 64.1 Å². The summed E-state index contributed by atoms with van der Waals surface area (Å²) in [5, 5.41) is 9.26. The number of aromatic nitrogens is 1. The van der Waals surface area contributed by atoms with Crippen molar-refractivity contribution in [2.24, 2.45) is 0 Å². The predicted molar refractivity (Wildman–Crippen MR) is 110 cm³/mol. The number of fused-ring (bicyclic) bond motifs is 3. The molecule has 6 heteroatoms. The van der Waals surface area contributed by atoms with Crippen molar-refractivity contribution in [2.75, 3.05) is 6.26 Å². The van der Waals surface area contributed by atoms with E-state index in [0.29, 0.717) is 0 Å². The van der Waals surface area contributed by atoms with Crippen molar-refractivity contribution < 1.29 is 14.3 Å². The Hall–Kier alpha value is -1.98. The lowest BCUT2D eigenvalue weighted by Crippen LogP contribution is -2.04. The van der Waals surface area contributed by atoms with Gasteiger partial charge in [-0.3, -0.25) is 4.79 Å². The first-order valence-electron chi connectivity index (χ1n) is 8.72. The summed E-state index contributed by atoms with van der Waals surface area (Å²) in [5.74, 6) is -0.972. The van der Waals surface area contributed by atoms with E-state index in [4.69, 9.17) is 21.5 Å². The van der Waals surface area contributed by atoms with Crippen molar-refractivity contribution in [2.45, 2.75) is 37.6 Å². The third kappa shape index (κ3) is 4.30. The lowest BCUT2D eigenvalue weighted by Gasteiger charge is -2.12. The Morgan fingerprint density at radius 1 is 1.26 bits per heavy atom. The van der Waals surface area contributed by atoms with Gasteiger partial charge in [0.15, 0.2) is 0 Å². The van der Waals surface area contributed by atoms with Crippen LogP contribution < -0.4 is 0 Å². The van der Waals surface area contributed by atoms with Gasteiger partial charge in [0.05, 0.1) is 5.52 Å². The molecule has 0 bridgehead atoms. The second kappa shape index (κ2) is 8.36. The van der Waals surface area contributed by atoms with E-state index < -0.39 is 5.97 Å². The maximum Gasteiger partial charge on any atom is 0.300 e. The lowest BCUT2D eigenvalue weighted by molar-refractivity contribution is -0.134. The molecule has 142 valence electrons. The number of hydrogen-bond acceptors (Lipinski definition) is 2. The normalized spacial score (nSPS) is 12.6. The molecule has 0 aliphatic heterocycles. The lowest BCUT2D eigenvalue weighted by atomic mass is 10.1. The highest BCUT2D eigenvalue weighted by molar-refractivity contribution is 7.98. The maximum absolute atomic E-state index is 14.0. The molecule has 0 spiro atoms. The van der Waals surface area contributed by atoms with Crippen LogP contribution in [0.5, 0.6) is 0 Å². The molecule has 0 saturated carbocycles. The van der Waals surface area contributed by atoms with Gasteiger partial charge < -0.3 is 9.67 Å². The smallest absolute Gasteiger partial charge is 0.300 e. The number of rotatable bonds is 3. The van der Waals surface area contributed by atoms with Crippen molar-refractivity contribution in [1.82, 2.24) is 4.57 Å². The topological polar surface area (TPSA) is 42.2 Å². The second-order valence-corrected chi connectivity index (χ2v) is 7.80. The first kappa shape index (κ1) is 19.8. The highest BCUT2D eigenvalue weighted by Crippen LogP contribution is 2.38. The Bertz CT molecular complexity index is 978. The fraction of sp³-hybridized carbons (Fsp3) is 0.286. The first-order chi connectivity index (χ1) is 12.9. The molecule has 2 aromatic carbocycles. The molecule has 1 aliphatic carbocycles. The van der Waals surface area contributed by atoms with Gasteiger partial charge in [0.2, 0.25) is 0 Å². The highest BCUT2D eigenvalue weighted by Gasteiger charge is 2.23. The molecule has 3 nitrogen and oxygen atoms in total. The molecular formula is C21H21ClFNO2S. The van der Waals surface area contributed by atoms with E-state index in [0.717, 1.165) is 48.0 Å². The molecule has 0 saturated heterocycles. The van der Waals surface area contributed by atoms with Crippen LogP contribution in [0, 0.1) is 5.82 Å². The fourth-order valence-corrected chi connectivity index (χ4v) is 4.41. The van der Waals surface area contributed by atoms with E-state index in [1.807, 2.05) is 18.4 Å². The quantitative estimate of drug-likeness (QED) is 0.561. The minimum atomic E-state index is -0.833. The maximum atomic E-state index is 14.0. The van der Waals surface area contributed by atoms with Crippen LogP contribution in [-0.2, 0) is 24.2 Å². The molecule has 1 heterocycles. The molecule has 0 unspecified atom stereocenters. The molecular weight excluding hydrogens is 385 g/mol. The predicted octanol–water partition coefficient (Wildman–Crippen LogP) is 5.78. The van der Waals surface area contributed by atoms with Crippen molar-refractivity contribution >= 4 is 40.2 Å². The van der Waals surface area contributed by atoms with Gasteiger partial charge >= 0.3 is 0 Å². The number of halogens is 2. The summed E-state index contributed by atoms with van der Waals surface area (Å²) in [6.07, 6.45) is 5.30. The Morgan fingerprint density at radius 3 is 2.56 bits per heavy atom. The molecule has 1 N–H and O–H groups in total. The Kier molecular flexibility index (Phi) is 6.12. The van der Waals surface area contributed by atoms with E-state index in [9.17, 15) is 4.39 Å². The summed E-state index contributed by atoms with van der Waals surface area (Å²) in [6, 6.07) is 11.4. The van der Waals surface area contributed by atoms with Gasteiger partial charge in [0.25, 0.3) is 5.97 Å². The molecule has 0 atom stereocenters. The second-order valence-electron chi connectivity index (χ2n) is 6.51. The van der Waals surface area contributed by atoms with Crippen LogP contribution in [0.2, 0.25) is 5.02 Å². The van der Waals surface area contributed by atoms with Crippen LogP contribution in [0.1, 0.15) is 30.2 Å². The Balaban J connectivity index is 0.000000481. The number of carboxylic acids is 1. The molecule has 27 heavy (non-hydrogen) atoms. The van der Waals surface area contributed by atoms with Crippen molar-refractivity contribution in [3.8, 4) is 0 Å². The van der Waals surface area contributed by atoms with Gasteiger partial charge in [0, 0.05) is 34.5 Å². The summed E-state index contributed by atoms with van der Waals surface area (Å²) in [6.45, 7) is 1.89. The minimum absolute atomic E-state index is 0.139. The summed E-state index contributed by atoms with van der Waals surface area (Å²) >= 11 is 7.61. The minimum Gasteiger partial charge on any atom is -0.481 e. The SMILES string of the molecule is CC(=O)O.CSc1cc(F)cc2c3c(n(Cc4ccc(Cl)cc4)c12)CCC3. The summed E-state index contributed by atoms with van der Waals surface area (Å²) in [4.78, 5) is 10.0. The average molecular weight is 406 g/mol. The average Bonchev–Trinajstić information content (AvgIpc) is 3.19. The van der Waals surface area contributed by atoms with Gasteiger partial charge in [-0.1, -0.05) is 23.7 Å². The Labute approximate surface area is 167 Å². The van der Waals surface area contributed by atoms with E-state index in [-0.39, 0.29) is 5.82 Å². The van der Waals surface area contributed by atoms with Gasteiger partial charge in [-0.05, 0) is 60.9 Å². The summed E-state index contributed by atoms with van der Waals surface area (Å²) in [7, 11) is 0. The van der Waals surface area contributed by atoms with Crippen LogP contribution in [0.4, 0.5) is 4.39 Å². The van der Waals surface area contributed by atoms with Crippen LogP contribution in [0.25, 0.3) is 10.9 Å². The van der Waals surface area contributed by atoms with E-state index >= 15 is 0 Å². The number of nitrogens with zero attached hydrogens (tertiary/aromatic N) is 1. The monoisotopic (exact) mass is 405 g/mol. The summed E-state index contributed by atoms with van der Waals surface area (Å²) < 4.78 is 16.4. The molecule has 1 aromatic heterocycles. The van der Waals surface area contributed by atoms with Crippen LogP contribution in [0.15, 0.2) is 41.3 Å².